The van der Waals surface area contributed by atoms with E-state index in [0.29, 0.717) is 29.6 Å². The number of nitrogens with zero attached hydrogens (tertiary/aromatic N) is 2. The van der Waals surface area contributed by atoms with Crippen molar-refractivity contribution >= 4 is 0 Å². The van der Waals surface area contributed by atoms with Crippen LogP contribution in [0.5, 0.6) is 11.5 Å². The van der Waals surface area contributed by atoms with Crippen molar-refractivity contribution in [2.75, 3.05) is 41.4 Å². The highest BCUT2D eigenvalue weighted by Gasteiger charge is 2.24. The molecule has 0 amide bonds. The van der Waals surface area contributed by atoms with E-state index in [0.717, 1.165) is 19.5 Å². The minimum absolute atomic E-state index is 0.223. The molecule has 5 heteroatoms. The van der Waals surface area contributed by atoms with Gasteiger partial charge in [-0.3, -0.25) is 4.90 Å². The average Bonchev–Trinajstić information content (AvgIpc) is 2.55. The fourth-order valence-corrected chi connectivity index (χ4v) is 3.24. The van der Waals surface area contributed by atoms with E-state index in [-0.39, 0.29) is 5.82 Å². The molecule has 1 fully saturated rings. The highest BCUT2D eigenvalue weighted by molar-refractivity contribution is 5.43. The molecular formula is C18H29FN2O2. The SMILES string of the molecule is COc1cc(F)c(CN2CCCC[C@@H]2CCN(C)C)cc1OC. The second-order valence-corrected chi connectivity index (χ2v) is 6.51. The first-order valence-electron chi connectivity index (χ1n) is 8.34. The zero-order valence-corrected chi connectivity index (χ0v) is 14.8. The number of ether oxygens (including phenoxy) is 2. The molecule has 0 spiro atoms. The third-order valence-corrected chi connectivity index (χ3v) is 4.58. The third-order valence-electron chi connectivity index (χ3n) is 4.58. The Morgan fingerprint density at radius 1 is 1.17 bits per heavy atom. The van der Waals surface area contributed by atoms with Gasteiger partial charge in [-0.05, 0) is 52.5 Å². The molecule has 0 bridgehead atoms. The fraction of sp³-hybridized carbons (Fsp3) is 0.667. The maximum absolute atomic E-state index is 14.4. The lowest BCUT2D eigenvalue weighted by Gasteiger charge is -2.36. The summed E-state index contributed by atoms with van der Waals surface area (Å²) in [6.45, 7) is 2.73. The Morgan fingerprint density at radius 3 is 2.52 bits per heavy atom. The van der Waals surface area contributed by atoms with E-state index in [4.69, 9.17) is 9.47 Å². The Morgan fingerprint density at radius 2 is 1.87 bits per heavy atom. The molecule has 1 aliphatic heterocycles. The van der Waals surface area contributed by atoms with Gasteiger partial charge in [-0.25, -0.2) is 4.39 Å². The molecule has 1 aromatic rings. The van der Waals surface area contributed by atoms with Gasteiger partial charge in [0.2, 0.25) is 0 Å². The molecule has 0 aliphatic carbocycles. The van der Waals surface area contributed by atoms with Crippen LogP contribution in [0.25, 0.3) is 0 Å². The van der Waals surface area contributed by atoms with Gasteiger partial charge >= 0.3 is 0 Å². The minimum atomic E-state index is -0.223. The summed E-state index contributed by atoms with van der Waals surface area (Å²) in [6, 6.07) is 3.72. The van der Waals surface area contributed by atoms with Crippen LogP contribution in [0.3, 0.4) is 0 Å². The zero-order chi connectivity index (χ0) is 16.8. The Kier molecular flexibility index (Phi) is 6.66. The molecule has 2 rings (SSSR count). The molecule has 4 nitrogen and oxygen atoms in total. The second-order valence-electron chi connectivity index (χ2n) is 6.51. The van der Waals surface area contributed by atoms with E-state index in [2.05, 4.69) is 23.9 Å². The van der Waals surface area contributed by atoms with Crippen molar-refractivity contribution < 1.29 is 13.9 Å². The van der Waals surface area contributed by atoms with Gasteiger partial charge in [-0.2, -0.15) is 0 Å². The van der Waals surface area contributed by atoms with E-state index in [9.17, 15) is 4.39 Å². The van der Waals surface area contributed by atoms with Crippen molar-refractivity contribution in [3.8, 4) is 11.5 Å². The standard InChI is InChI=1S/C18H29FN2O2/c1-20(2)10-8-15-7-5-6-9-21(15)13-14-11-17(22-3)18(23-4)12-16(14)19/h11-12,15H,5-10,13H2,1-4H3/t15-/m1/s1. The summed E-state index contributed by atoms with van der Waals surface area (Å²) in [5.41, 5.74) is 0.680. The summed E-state index contributed by atoms with van der Waals surface area (Å²) in [7, 11) is 7.31. The quantitative estimate of drug-likeness (QED) is 0.769. The number of rotatable bonds is 7. The van der Waals surface area contributed by atoms with E-state index in [1.165, 1.54) is 32.4 Å². The van der Waals surface area contributed by atoms with Crippen LogP contribution in [0.4, 0.5) is 4.39 Å². The van der Waals surface area contributed by atoms with Gasteiger partial charge in [-0.1, -0.05) is 6.42 Å². The van der Waals surface area contributed by atoms with Crippen LogP contribution in [-0.2, 0) is 6.54 Å². The second kappa shape index (κ2) is 8.50. The maximum atomic E-state index is 14.4. The Hall–Kier alpha value is -1.33. The summed E-state index contributed by atoms with van der Waals surface area (Å²) in [5.74, 6) is 0.807. The smallest absolute Gasteiger partial charge is 0.163 e. The van der Waals surface area contributed by atoms with Gasteiger partial charge in [0, 0.05) is 24.2 Å². The number of benzene rings is 1. The Bertz CT molecular complexity index is 508. The molecule has 23 heavy (non-hydrogen) atoms. The average molecular weight is 324 g/mol. The molecular weight excluding hydrogens is 295 g/mol. The molecule has 1 aromatic carbocycles. The van der Waals surface area contributed by atoms with Crippen LogP contribution in [0, 0.1) is 5.82 Å². The van der Waals surface area contributed by atoms with Gasteiger partial charge in [0.1, 0.15) is 5.82 Å². The molecule has 0 aromatic heterocycles. The molecule has 0 radical (unpaired) electrons. The topological polar surface area (TPSA) is 24.9 Å². The van der Waals surface area contributed by atoms with Crippen LogP contribution < -0.4 is 9.47 Å². The van der Waals surface area contributed by atoms with Crippen molar-refractivity contribution in [3.63, 3.8) is 0 Å². The van der Waals surface area contributed by atoms with Crippen LogP contribution in [0.1, 0.15) is 31.2 Å². The third kappa shape index (κ3) is 4.82. The summed E-state index contributed by atoms with van der Waals surface area (Å²) in [6.07, 6.45) is 4.78. The van der Waals surface area contributed by atoms with E-state index >= 15 is 0 Å². The number of piperidine rings is 1. The molecule has 1 aliphatic rings. The first-order valence-corrected chi connectivity index (χ1v) is 8.34. The van der Waals surface area contributed by atoms with Gasteiger partial charge in [0.25, 0.3) is 0 Å². The lowest BCUT2D eigenvalue weighted by molar-refractivity contribution is 0.123. The Balaban J connectivity index is 2.12. The van der Waals surface area contributed by atoms with Gasteiger partial charge in [0.15, 0.2) is 11.5 Å². The maximum Gasteiger partial charge on any atom is 0.163 e. The van der Waals surface area contributed by atoms with E-state index in [1.54, 1.807) is 13.2 Å². The lowest BCUT2D eigenvalue weighted by atomic mass is 9.98. The molecule has 1 heterocycles. The van der Waals surface area contributed by atoms with Gasteiger partial charge in [0.05, 0.1) is 14.2 Å². The molecule has 0 unspecified atom stereocenters. The predicted molar refractivity (Wildman–Crippen MR) is 90.7 cm³/mol. The molecule has 130 valence electrons. The summed E-state index contributed by atoms with van der Waals surface area (Å²) >= 11 is 0. The summed E-state index contributed by atoms with van der Waals surface area (Å²) < 4.78 is 24.9. The summed E-state index contributed by atoms with van der Waals surface area (Å²) in [5, 5.41) is 0. The van der Waals surface area contributed by atoms with Crippen LogP contribution in [-0.4, -0.2) is 57.2 Å². The van der Waals surface area contributed by atoms with Crippen LogP contribution in [0.2, 0.25) is 0 Å². The molecule has 0 saturated carbocycles. The first-order chi connectivity index (χ1) is 11.0. The van der Waals surface area contributed by atoms with Crippen LogP contribution in [0.15, 0.2) is 12.1 Å². The highest BCUT2D eigenvalue weighted by Crippen LogP contribution is 2.31. The monoisotopic (exact) mass is 324 g/mol. The lowest BCUT2D eigenvalue weighted by Crippen LogP contribution is -2.40. The first kappa shape index (κ1) is 18.0. The van der Waals surface area contributed by atoms with Crippen molar-refractivity contribution in [1.29, 1.82) is 0 Å². The Labute approximate surface area is 139 Å². The van der Waals surface area contributed by atoms with Crippen molar-refractivity contribution in [2.45, 2.75) is 38.3 Å². The number of hydrogen-bond acceptors (Lipinski definition) is 4. The minimum Gasteiger partial charge on any atom is -0.493 e. The van der Waals surface area contributed by atoms with Gasteiger partial charge < -0.3 is 14.4 Å². The fourth-order valence-electron chi connectivity index (χ4n) is 3.24. The number of halogens is 1. The zero-order valence-electron chi connectivity index (χ0n) is 14.8. The largest absolute Gasteiger partial charge is 0.493 e. The highest BCUT2D eigenvalue weighted by atomic mass is 19.1. The molecule has 1 atom stereocenters. The van der Waals surface area contributed by atoms with E-state index < -0.39 is 0 Å². The number of likely N-dealkylation sites (tertiary alicyclic amines) is 1. The number of hydrogen-bond donors (Lipinski definition) is 0. The molecule has 0 N–H and O–H groups in total. The van der Waals surface area contributed by atoms with Crippen molar-refractivity contribution in [1.82, 2.24) is 9.80 Å². The normalized spacial score (nSPS) is 19.1. The van der Waals surface area contributed by atoms with Crippen molar-refractivity contribution in [3.05, 3.63) is 23.5 Å². The predicted octanol–water partition coefficient (Wildman–Crippen LogP) is 3.15. The van der Waals surface area contributed by atoms with E-state index in [1.807, 2.05) is 0 Å². The van der Waals surface area contributed by atoms with Crippen LogP contribution >= 0.6 is 0 Å². The van der Waals surface area contributed by atoms with Gasteiger partial charge in [-0.15, -0.1) is 0 Å². The molecule has 1 saturated heterocycles. The summed E-state index contributed by atoms with van der Waals surface area (Å²) in [4.78, 5) is 4.63. The number of methoxy groups -OCH3 is 2. The van der Waals surface area contributed by atoms with Crippen molar-refractivity contribution in [2.24, 2.45) is 0 Å².